The first-order valence-electron chi connectivity index (χ1n) is 6.24. The summed E-state index contributed by atoms with van der Waals surface area (Å²) < 4.78 is 10.3. The molecule has 1 rings (SSSR count). The van der Waals surface area contributed by atoms with Crippen LogP contribution in [0, 0.1) is 6.92 Å². The molecule has 0 heterocycles. The van der Waals surface area contributed by atoms with Gasteiger partial charge < -0.3 is 19.5 Å². The normalized spacial score (nSPS) is 10.3. The molecule has 1 amide bonds. The van der Waals surface area contributed by atoms with Gasteiger partial charge in [0, 0.05) is 20.2 Å². The minimum Gasteiger partial charge on any atom is -0.484 e. The molecule has 0 unspecified atom stereocenters. The summed E-state index contributed by atoms with van der Waals surface area (Å²) in [5.74, 6) is 0.501. The van der Waals surface area contributed by atoms with Crippen LogP contribution < -0.4 is 4.74 Å². The number of aryl methyl sites for hydroxylation is 1. The van der Waals surface area contributed by atoms with E-state index in [1.807, 2.05) is 31.2 Å². The van der Waals surface area contributed by atoms with Gasteiger partial charge in [0.15, 0.2) is 6.61 Å². The molecule has 1 aromatic rings. The van der Waals surface area contributed by atoms with Gasteiger partial charge in [0.2, 0.25) is 0 Å². The molecule has 0 radical (unpaired) electrons. The van der Waals surface area contributed by atoms with E-state index in [1.165, 1.54) is 4.90 Å². The third kappa shape index (κ3) is 5.72. The quantitative estimate of drug-likeness (QED) is 0.758. The highest BCUT2D eigenvalue weighted by molar-refractivity contribution is 5.77. The van der Waals surface area contributed by atoms with Gasteiger partial charge in [-0.1, -0.05) is 17.7 Å². The van der Waals surface area contributed by atoms with Gasteiger partial charge in [-0.3, -0.25) is 4.79 Å². The summed E-state index contributed by atoms with van der Waals surface area (Å²) >= 11 is 0. The second-order valence-electron chi connectivity index (χ2n) is 4.20. The number of rotatable bonds is 8. The lowest BCUT2D eigenvalue weighted by Gasteiger charge is -2.21. The Bertz CT molecular complexity index is 378. The molecule has 19 heavy (non-hydrogen) atoms. The van der Waals surface area contributed by atoms with E-state index >= 15 is 0 Å². The summed E-state index contributed by atoms with van der Waals surface area (Å²) in [6.07, 6.45) is 0. The molecule has 0 fully saturated rings. The molecule has 0 aliphatic heterocycles. The number of aliphatic hydroxyl groups excluding tert-OH is 1. The Morgan fingerprint density at radius 2 is 1.95 bits per heavy atom. The molecule has 1 aromatic carbocycles. The summed E-state index contributed by atoms with van der Waals surface area (Å²) in [4.78, 5) is 13.4. The van der Waals surface area contributed by atoms with Crippen molar-refractivity contribution < 1.29 is 19.4 Å². The molecular formula is C14H21NO4. The van der Waals surface area contributed by atoms with Crippen LogP contribution in [0.2, 0.25) is 0 Å². The fourth-order valence-electron chi connectivity index (χ4n) is 1.55. The molecule has 1 N–H and O–H groups in total. The van der Waals surface area contributed by atoms with Crippen molar-refractivity contribution in [1.82, 2.24) is 4.90 Å². The first-order chi connectivity index (χ1) is 9.17. The van der Waals surface area contributed by atoms with Crippen molar-refractivity contribution in [2.24, 2.45) is 0 Å². The first-order valence-corrected chi connectivity index (χ1v) is 6.24. The van der Waals surface area contributed by atoms with Crippen LogP contribution in [-0.4, -0.2) is 55.9 Å². The second kappa shape index (κ2) is 8.50. The van der Waals surface area contributed by atoms with Crippen LogP contribution >= 0.6 is 0 Å². The van der Waals surface area contributed by atoms with Crippen LogP contribution in [0.25, 0.3) is 0 Å². The molecule has 5 nitrogen and oxygen atoms in total. The van der Waals surface area contributed by atoms with E-state index in [1.54, 1.807) is 7.11 Å². The standard InChI is InChI=1S/C14H21NO4/c1-12-3-5-13(6-4-12)19-11-14(17)15(7-9-16)8-10-18-2/h3-6,16H,7-11H2,1-2H3. The molecular weight excluding hydrogens is 246 g/mol. The molecule has 0 aliphatic rings. The fraction of sp³-hybridized carbons (Fsp3) is 0.500. The van der Waals surface area contributed by atoms with Gasteiger partial charge in [-0.05, 0) is 19.1 Å². The Hall–Kier alpha value is -1.59. The van der Waals surface area contributed by atoms with Gasteiger partial charge in [0.25, 0.3) is 5.91 Å². The number of methoxy groups -OCH3 is 1. The molecule has 106 valence electrons. The summed E-state index contributed by atoms with van der Waals surface area (Å²) in [5, 5.41) is 8.93. The number of hydrogen-bond acceptors (Lipinski definition) is 4. The third-order valence-electron chi connectivity index (χ3n) is 2.67. The lowest BCUT2D eigenvalue weighted by Crippen LogP contribution is -2.39. The van der Waals surface area contributed by atoms with E-state index < -0.39 is 0 Å². The molecule has 0 atom stereocenters. The highest BCUT2D eigenvalue weighted by Crippen LogP contribution is 2.11. The van der Waals surface area contributed by atoms with E-state index in [4.69, 9.17) is 14.6 Å². The molecule has 0 bridgehead atoms. The van der Waals surface area contributed by atoms with Crippen LogP contribution in [0.1, 0.15) is 5.56 Å². The summed E-state index contributed by atoms with van der Waals surface area (Å²) in [6.45, 7) is 3.07. The van der Waals surface area contributed by atoms with E-state index in [2.05, 4.69) is 0 Å². The summed E-state index contributed by atoms with van der Waals surface area (Å²) in [7, 11) is 1.57. The zero-order chi connectivity index (χ0) is 14.1. The number of carbonyl (C=O) groups excluding carboxylic acids is 1. The number of benzene rings is 1. The maximum atomic E-state index is 11.9. The Balaban J connectivity index is 2.44. The van der Waals surface area contributed by atoms with Gasteiger partial charge in [0.05, 0.1) is 13.2 Å². The number of nitrogens with zero attached hydrogens (tertiary/aromatic N) is 1. The van der Waals surface area contributed by atoms with E-state index in [-0.39, 0.29) is 19.1 Å². The Kier molecular flexibility index (Phi) is 6.92. The molecule has 0 saturated carbocycles. The maximum Gasteiger partial charge on any atom is 0.260 e. The largest absolute Gasteiger partial charge is 0.484 e. The summed E-state index contributed by atoms with van der Waals surface area (Å²) in [5.41, 5.74) is 1.14. The molecule has 0 spiro atoms. The third-order valence-corrected chi connectivity index (χ3v) is 2.67. The number of aliphatic hydroxyl groups is 1. The number of ether oxygens (including phenoxy) is 2. The average molecular weight is 267 g/mol. The minimum absolute atomic E-state index is 0.0349. The van der Waals surface area contributed by atoms with Gasteiger partial charge in [-0.15, -0.1) is 0 Å². The van der Waals surface area contributed by atoms with Gasteiger partial charge in [-0.25, -0.2) is 0 Å². The van der Waals surface area contributed by atoms with E-state index in [0.29, 0.717) is 25.4 Å². The van der Waals surface area contributed by atoms with Crippen molar-refractivity contribution in [3.63, 3.8) is 0 Å². The average Bonchev–Trinajstić information content (AvgIpc) is 2.42. The smallest absolute Gasteiger partial charge is 0.260 e. The lowest BCUT2D eigenvalue weighted by molar-refractivity contribution is -0.134. The predicted molar refractivity (Wildman–Crippen MR) is 72.2 cm³/mol. The van der Waals surface area contributed by atoms with Crippen molar-refractivity contribution in [2.75, 3.05) is 40.0 Å². The SMILES string of the molecule is COCCN(CCO)C(=O)COc1ccc(C)cc1. The highest BCUT2D eigenvalue weighted by atomic mass is 16.5. The maximum absolute atomic E-state index is 11.9. The molecule has 0 aliphatic carbocycles. The minimum atomic E-state index is -0.160. The van der Waals surface area contributed by atoms with Crippen molar-refractivity contribution in [2.45, 2.75) is 6.92 Å². The van der Waals surface area contributed by atoms with Crippen molar-refractivity contribution in [3.8, 4) is 5.75 Å². The highest BCUT2D eigenvalue weighted by Gasteiger charge is 2.13. The van der Waals surface area contributed by atoms with Crippen LogP contribution in [0.4, 0.5) is 0 Å². The Labute approximate surface area is 113 Å². The van der Waals surface area contributed by atoms with Crippen molar-refractivity contribution in [3.05, 3.63) is 29.8 Å². The Morgan fingerprint density at radius 3 is 2.53 bits per heavy atom. The van der Waals surface area contributed by atoms with Crippen LogP contribution in [0.3, 0.4) is 0 Å². The number of carbonyl (C=O) groups is 1. The predicted octanol–water partition coefficient (Wildman–Crippen LogP) is 0.841. The van der Waals surface area contributed by atoms with Crippen LogP contribution in [0.5, 0.6) is 5.75 Å². The lowest BCUT2D eigenvalue weighted by atomic mass is 10.2. The first kappa shape index (κ1) is 15.5. The molecule has 5 heteroatoms. The van der Waals surface area contributed by atoms with E-state index in [0.717, 1.165) is 5.56 Å². The summed E-state index contributed by atoms with van der Waals surface area (Å²) in [6, 6.07) is 7.51. The fourth-order valence-corrected chi connectivity index (χ4v) is 1.55. The zero-order valence-electron chi connectivity index (χ0n) is 11.5. The molecule has 0 saturated heterocycles. The van der Waals surface area contributed by atoms with Gasteiger partial charge in [-0.2, -0.15) is 0 Å². The number of amides is 1. The van der Waals surface area contributed by atoms with Crippen molar-refractivity contribution >= 4 is 5.91 Å². The second-order valence-corrected chi connectivity index (χ2v) is 4.20. The van der Waals surface area contributed by atoms with Crippen LogP contribution in [0.15, 0.2) is 24.3 Å². The van der Waals surface area contributed by atoms with E-state index in [9.17, 15) is 4.79 Å². The van der Waals surface area contributed by atoms with Gasteiger partial charge >= 0.3 is 0 Å². The number of hydrogen-bond donors (Lipinski definition) is 1. The molecule has 0 aromatic heterocycles. The van der Waals surface area contributed by atoms with Gasteiger partial charge in [0.1, 0.15) is 5.75 Å². The monoisotopic (exact) mass is 267 g/mol. The van der Waals surface area contributed by atoms with Crippen LogP contribution in [-0.2, 0) is 9.53 Å². The topological polar surface area (TPSA) is 59.0 Å². The Morgan fingerprint density at radius 1 is 1.26 bits per heavy atom. The zero-order valence-corrected chi connectivity index (χ0v) is 11.5. The van der Waals surface area contributed by atoms with Crippen molar-refractivity contribution in [1.29, 1.82) is 0 Å².